The fraction of sp³-hybridized carbons (Fsp3) is 0.250. The largest absolute Gasteiger partial charge is 0.386 e. The maximum Gasteiger partial charge on any atom is 0.253 e. The Hall–Kier alpha value is -1.21. The third-order valence-corrected chi connectivity index (χ3v) is 4.25. The molecule has 24 heavy (non-hydrogen) atoms. The molecule has 1 heterocycles. The van der Waals surface area contributed by atoms with Gasteiger partial charge in [-0.15, -0.1) is 0 Å². The number of halogens is 4. The first-order valence-electron chi connectivity index (χ1n) is 6.97. The summed E-state index contributed by atoms with van der Waals surface area (Å²) in [6.45, 7) is -0.953. The van der Waals surface area contributed by atoms with Gasteiger partial charge in [0.05, 0.1) is 6.04 Å². The minimum absolute atomic E-state index is 0.465. The maximum atomic E-state index is 13.1. The van der Waals surface area contributed by atoms with Crippen LogP contribution in [0.2, 0.25) is 0 Å². The van der Waals surface area contributed by atoms with E-state index in [4.69, 9.17) is 23.2 Å². The number of hydrogen-bond acceptors (Lipinski definition) is 3. The summed E-state index contributed by atoms with van der Waals surface area (Å²) in [6.07, 6.45) is 0.490. The van der Waals surface area contributed by atoms with E-state index in [1.807, 2.05) is 12.1 Å². The van der Waals surface area contributed by atoms with Crippen molar-refractivity contribution >= 4 is 45.0 Å². The van der Waals surface area contributed by atoms with Crippen LogP contribution in [0.4, 0.5) is 4.39 Å². The third-order valence-electron chi connectivity index (χ3n) is 3.39. The minimum atomic E-state index is -1.32. The Morgan fingerprint density at radius 1 is 1.21 bits per heavy atom. The zero-order valence-electron chi connectivity index (χ0n) is 12.3. The predicted octanol–water partition coefficient (Wildman–Crippen LogP) is 3.80. The van der Waals surface area contributed by atoms with E-state index in [9.17, 15) is 14.3 Å². The average molecular weight is 436 g/mol. The number of alkyl halides is 3. The lowest BCUT2D eigenvalue weighted by atomic mass is 9.99. The quantitative estimate of drug-likeness (QED) is 0.535. The van der Waals surface area contributed by atoms with Crippen LogP contribution in [0, 0.1) is 0 Å². The smallest absolute Gasteiger partial charge is 0.253 e. The number of amides is 1. The molecule has 8 heteroatoms. The molecule has 0 aliphatic carbocycles. The van der Waals surface area contributed by atoms with Crippen LogP contribution in [0.1, 0.15) is 11.7 Å². The summed E-state index contributed by atoms with van der Waals surface area (Å²) in [4.78, 5) is 14.3. The van der Waals surface area contributed by atoms with E-state index in [1.54, 1.807) is 30.5 Å². The number of rotatable bonds is 6. The van der Waals surface area contributed by atoms with Crippen LogP contribution in [0.15, 0.2) is 47.2 Å². The summed E-state index contributed by atoms with van der Waals surface area (Å²) < 4.78 is 13.9. The van der Waals surface area contributed by atoms with E-state index in [0.717, 1.165) is 15.7 Å². The van der Waals surface area contributed by atoms with Crippen molar-refractivity contribution in [1.29, 1.82) is 0 Å². The van der Waals surface area contributed by atoms with E-state index in [2.05, 4.69) is 26.2 Å². The summed E-state index contributed by atoms with van der Waals surface area (Å²) in [5.74, 6) is -0.752. The van der Waals surface area contributed by atoms with Crippen molar-refractivity contribution in [3.63, 3.8) is 0 Å². The normalized spacial score (nSPS) is 13.6. The predicted molar refractivity (Wildman–Crippen MR) is 95.7 cm³/mol. The number of aromatic nitrogens is 1. The number of hydrogen-bond donors (Lipinski definition) is 2. The SMILES string of the molecule is O=C(NC(CF)C(O)c1ccc(-c2ccc(Br)nc2)cc1)C(Cl)Cl. The summed E-state index contributed by atoms with van der Waals surface area (Å²) >= 11 is 14.1. The summed E-state index contributed by atoms with van der Waals surface area (Å²) in [5, 5.41) is 12.5. The molecular weight excluding hydrogens is 422 g/mol. The molecule has 1 aromatic carbocycles. The molecule has 4 nitrogen and oxygen atoms in total. The molecule has 0 fully saturated rings. The Labute approximate surface area is 157 Å². The third kappa shape index (κ3) is 4.89. The molecule has 1 amide bonds. The van der Waals surface area contributed by atoms with Crippen LogP contribution in [0.25, 0.3) is 11.1 Å². The van der Waals surface area contributed by atoms with Crippen LogP contribution < -0.4 is 5.32 Å². The Balaban J connectivity index is 2.13. The summed E-state index contributed by atoms with van der Waals surface area (Å²) in [7, 11) is 0. The van der Waals surface area contributed by atoms with E-state index in [0.29, 0.717) is 5.56 Å². The average Bonchev–Trinajstić information content (AvgIpc) is 2.59. The molecule has 128 valence electrons. The number of carbonyl (C=O) groups excluding carboxylic acids is 1. The van der Waals surface area contributed by atoms with Crippen molar-refractivity contribution in [3.05, 3.63) is 52.8 Å². The Kier molecular flexibility index (Phi) is 6.98. The summed E-state index contributed by atoms with van der Waals surface area (Å²) in [5.41, 5.74) is 2.27. The van der Waals surface area contributed by atoms with Crippen molar-refractivity contribution < 1.29 is 14.3 Å². The van der Waals surface area contributed by atoms with Gasteiger partial charge in [0.1, 0.15) is 17.4 Å². The first kappa shape index (κ1) is 19.1. The molecule has 0 spiro atoms. The van der Waals surface area contributed by atoms with Crippen LogP contribution in [-0.4, -0.2) is 33.6 Å². The lowest BCUT2D eigenvalue weighted by Crippen LogP contribution is -2.43. The molecule has 0 radical (unpaired) electrons. The van der Waals surface area contributed by atoms with Gasteiger partial charge in [-0.1, -0.05) is 53.5 Å². The summed E-state index contributed by atoms with van der Waals surface area (Å²) in [6, 6.07) is 9.48. The molecular formula is C16H14BrCl2FN2O2. The van der Waals surface area contributed by atoms with Crippen molar-refractivity contribution in [2.45, 2.75) is 17.0 Å². The number of nitrogens with zero attached hydrogens (tertiary/aromatic N) is 1. The molecule has 2 atom stereocenters. The first-order chi connectivity index (χ1) is 11.4. The van der Waals surface area contributed by atoms with Gasteiger partial charge < -0.3 is 10.4 Å². The number of aliphatic hydroxyl groups is 1. The van der Waals surface area contributed by atoms with Gasteiger partial charge in [-0.25, -0.2) is 9.37 Å². The molecule has 2 N–H and O–H groups in total. The molecule has 0 aliphatic heterocycles. The van der Waals surface area contributed by atoms with Gasteiger partial charge in [-0.2, -0.15) is 0 Å². The zero-order chi connectivity index (χ0) is 17.7. The number of benzene rings is 1. The van der Waals surface area contributed by atoms with Crippen LogP contribution >= 0.6 is 39.1 Å². The van der Waals surface area contributed by atoms with Crippen LogP contribution in [-0.2, 0) is 4.79 Å². The van der Waals surface area contributed by atoms with Gasteiger partial charge in [0.2, 0.25) is 0 Å². The number of aliphatic hydroxyl groups excluding tert-OH is 1. The molecule has 2 unspecified atom stereocenters. The number of pyridine rings is 1. The highest BCUT2D eigenvalue weighted by Crippen LogP contribution is 2.24. The van der Waals surface area contributed by atoms with Gasteiger partial charge in [0.25, 0.3) is 5.91 Å². The Morgan fingerprint density at radius 3 is 2.33 bits per heavy atom. The first-order valence-corrected chi connectivity index (χ1v) is 8.63. The fourth-order valence-electron chi connectivity index (χ4n) is 2.10. The van der Waals surface area contributed by atoms with E-state index in [1.165, 1.54) is 0 Å². The molecule has 0 bridgehead atoms. The zero-order valence-corrected chi connectivity index (χ0v) is 15.4. The highest BCUT2D eigenvalue weighted by atomic mass is 79.9. The van der Waals surface area contributed by atoms with E-state index >= 15 is 0 Å². The van der Waals surface area contributed by atoms with Gasteiger partial charge in [0, 0.05) is 11.8 Å². The standard InChI is InChI=1S/C16H14BrCl2FN2O2/c17-13-6-5-11(8-21-13)9-1-3-10(4-2-9)14(23)12(7-20)22-16(24)15(18)19/h1-6,8,12,14-15,23H,7H2,(H,22,24). The second-order valence-electron chi connectivity index (χ2n) is 5.01. The van der Waals surface area contributed by atoms with Gasteiger partial charge in [0.15, 0.2) is 4.84 Å². The molecule has 0 saturated carbocycles. The van der Waals surface area contributed by atoms with Crippen molar-refractivity contribution in [1.82, 2.24) is 10.3 Å². The second kappa shape index (κ2) is 8.76. The van der Waals surface area contributed by atoms with E-state index in [-0.39, 0.29) is 0 Å². The minimum Gasteiger partial charge on any atom is -0.386 e. The maximum absolute atomic E-state index is 13.1. The second-order valence-corrected chi connectivity index (χ2v) is 6.92. The molecule has 2 rings (SSSR count). The highest BCUT2D eigenvalue weighted by molar-refractivity contribution is 9.10. The molecule has 0 saturated heterocycles. The van der Waals surface area contributed by atoms with Crippen molar-refractivity contribution in [2.24, 2.45) is 0 Å². The highest BCUT2D eigenvalue weighted by Gasteiger charge is 2.25. The Bertz CT molecular complexity index is 683. The van der Waals surface area contributed by atoms with Crippen molar-refractivity contribution in [3.8, 4) is 11.1 Å². The monoisotopic (exact) mass is 434 g/mol. The molecule has 0 aliphatic rings. The number of carbonyl (C=O) groups is 1. The van der Waals surface area contributed by atoms with Crippen LogP contribution in [0.5, 0.6) is 0 Å². The molecule has 1 aromatic heterocycles. The van der Waals surface area contributed by atoms with Gasteiger partial charge in [-0.05, 0) is 33.1 Å². The lowest BCUT2D eigenvalue weighted by Gasteiger charge is -2.22. The lowest BCUT2D eigenvalue weighted by molar-refractivity contribution is -0.121. The van der Waals surface area contributed by atoms with Crippen molar-refractivity contribution in [2.75, 3.05) is 6.67 Å². The molecule has 2 aromatic rings. The van der Waals surface area contributed by atoms with Crippen LogP contribution in [0.3, 0.4) is 0 Å². The topological polar surface area (TPSA) is 62.2 Å². The van der Waals surface area contributed by atoms with Gasteiger partial charge >= 0.3 is 0 Å². The number of nitrogens with one attached hydrogen (secondary N) is 1. The Morgan fingerprint density at radius 2 is 1.83 bits per heavy atom. The fourth-order valence-corrected chi connectivity index (χ4v) is 2.46. The van der Waals surface area contributed by atoms with Gasteiger partial charge in [-0.3, -0.25) is 4.79 Å². The van der Waals surface area contributed by atoms with E-state index < -0.39 is 29.6 Å².